The number of unbranched alkanes of at least 4 members (excludes halogenated alkanes) is 2. The molecule has 0 heterocycles. The topological polar surface area (TPSA) is 87.7 Å². The second-order valence-corrected chi connectivity index (χ2v) is 9.03. The molecule has 1 rings (SSSR count). The van der Waals surface area contributed by atoms with Crippen molar-refractivity contribution in [2.24, 2.45) is 0 Å². The lowest BCUT2D eigenvalue weighted by Crippen LogP contribution is -2.52. The van der Waals surface area contributed by atoms with Gasteiger partial charge in [0.2, 0.25) is 11.8 Å². The Morgan fingerprint density at radius 1 is 1.12 bits per heavy atom. The molecule has 0 aliphatic carbocycles. The molecule has 0 aliphatic heterocycles. The Balaban J connectivity index is 3.26. The molecule has 1 aromatic carbocycles. The molecule has 2 unspecified atom stereocenters. The van der Waals surface area contributed by atoms with Crippen LogP contribution in [-0.4, -0.2) is 47.5 Å². The van der Waals surface area contributed by atoms with Gasteiger partial charge in [0.25, 0.3) is 0 Å². The zero-order valence-electron chi connectivity index (χ0n) is 20.9. The van der Waals surface area contributed by atoms with E-state index in [0.29, 0.717) is 30.6 Å². The van der Waals surface area contributed by atoms with Crippen molar-refractivity contribution in [1.82, 2.24) is 15.5 Å². The maximum Gasteiger partial charge on any atom is 0.408 e. The summed E-state index contributed by atoms with van der Waals surface area (Å²) in [5.74, 6) is 1.95. The van der Waals surface area contributed by atoms with Crippen molar-refractivity contribution >= 4 is 17.9 Å². The van der Waals surface area contributed by atoms with Crippen LogP contribution in [0.1, 0.15) is 84.4 Å². The van der Waals surface area contributed by atoms with Gasteiger partial charge in [-0.3, -0.25) is 9.59 Å². The molecule has 0 saturated carbocycles. The highest BCUT2D eigenvalue weighted by atomic mass is 16.6. The zero-order valence-corrected chi connectivity index (χ0v) is 20.9. The summed E-state index contributed by atoms with van der Waals surface area (Å²) in [5.41, 5.74) is 0.440. The smallest absolute Gasteiger partial charge is 0.408 e. The third-order valence-electron chi connectivity index (χ3n) is 4.90. The minimum Gasteiger partial charge on any atom is -0.444 e. The Labute approximate surface area is 198 Å². The van der Waals surface area contributed by atoms with Gasteiger partial charge >= 0.3 is 6.09 Å². The number of rotatable bonds is 11. The maximum atomic E-state index is 13.5. The average molecular weight is 458 g/mol. The van der Waals surface area contributed by atoms with Gasteiger partial charge in [-0.05, 0) is 52.2 Å². The van der Waals surface area contributed by atoms with E-state index < -0.39 is 23.8 Å². The number of hydrogen-bond acceptors (Lipinski definition) is 4. The fraction of sp³-hybridized carbons (Fsp3) is 0.577. The predicted octanol–water partition coefficient (Wildman–Crippen LogP) is 4.17. The number of amides is 3. The van der Waals surface area contributed by atoms with Crippen molar-refractivity contribution in [3.05, 3.63) is 35.4 Å². The fourth-order valence-corrected chi connectivity index (χ4v) is 3.40. The van der Waals surface area contributed by atoms with E-state index in [2.05, 4.69) is 23.5 Å². The Bertz CT molecular complexity index is 839. The molecule has 182 valence electrons. The highest BCUT2D eigenvalue weighted by molar-refractivity contribution is 5.92. The number of hydrogen-bond donors (Lipinski definition) is 2. The van der Waals surface area contributed by atoms with Crippen LogP contribution < -0.4 is 10.6 Å². The summed E-state index contributed by atoms with van der Waals surface area (Å²) < 4.78 is 5.28. The van der Waals surface area contributed by atoms with Crippen LogP contribution in [0.5, 0.6) is 0 Å². The lowest BCUT2D eigenvalue weighted by molar-refractivity contribution is -0.142. The highest BCUT2D eigenvalue weighted by Crippen LogP contribution is 2.26. The normalized spacial score (nSPS) is 12.8. The van der Waals surface area contributed by atoms with E-state index in [4.69, 9.17) is 11.2 Å². The third kappa shape index (κ3) is 9.17. The first-order valence-corrected chi connectivity index (χ1v) is 11.7. The van der Waals surface area contributed by atoms with Gasteiger partial charge in [0.05, 0.1) is 0 Å². The van der Waals surface area contributed by atoms with Gasteiger partial charge in [-0.25, -0.2) is 4.79 Å². The summed E-state index contributed by atoms with van der Waals surface area (Å²) in [6, 6.07) is 5.32. The summed E-state index contributed by atoms with van der Waals surface area (Å²) in [4.78, 5) is 40.5. The molecule has 0 aliphatic rings. The largest absolute Gasteiger partial charge is 0.444 e. The van der Waals surface area contributed by atoms with Crippen LogP contribution in [0.25, 0.3) is 0 Å². The molecule has 0 radical (unpaired) electrons. The molecule has 7 nitrogen and oxygen atoms in total. The number of carbonyl (C=O) groups is 3. The number of benzene rings is 1. The third-order valence-corrected chi connectivity index (χ3v) is 4.90. The van der Waals surface area contributed by atoms with Crippen LogP contribution in [0, 0.1) is 12.3 Å². The molecule has 7 heteroatoms. The summed E-state index contributed by atoms with van der Waals surface area (Å²) in [5, 5.41) is 5.54. The van der Waals surface area contributed by atoms with Crippen LogP contribution in [0.15, 0.2) is 24.3 Å². The van der Waals surface area contributed by atoms with Crippen LogP contribution in [0.2, 0.25) is 0 Å². The van der Waals surface area contributed by atoms with Crippen molar-refractivity contribution in [3.63, 3.8) is 0 Å². The Morgan fingerprint density at radius 3 is 2.36 bits per heavy atom. The van der Waals surface area contributed by atoms with Gasteiger partial charge in [-0.1, -0.05) is 50.8 Å². The van der Waals surface area contributed by atoms with Crippen LogP contribution in [-0.2, 0) is 14.3 Å². The SMILES string of the molecule is C#Cc1ccccc1C(C(=O)NCCCCC)N(CCC)C(=O)C(C)NC(=O)OC(C)(C)C. The summed E-state index contributed by atoms with van der Waals surface area (Å²) in [6.45, 7) is 11.7. The number of carbonyl (C=O) groups excluding carboxylic acids is 3. The van der Waals surface area contributed by atoms with E-state index in [1.54, 1.807) is 52.0 Å². The molecule has 3 amide bonds. The van der Waals surface area contributed by atoms with Crippen molar-refractivity contribution in [2.45, 2.75) is 84.9 Å². The second-order valence-electron chi connectivity index (χ2n) is 9.03. The lowest BCUT2D eigenvalue weighted by Gasteiger charge is -2.34. The Morgan fingerprint density at radius 2 is 1.79 bits per heavy atom. The van der Waals surface area contributed by atoms with Crippen LogP contribution in [0.3, 0.4) is 0 Å². The van der Waals surface area contributed by atoms with Crippen LogP contribution in [0.4, 0.5) is 4.79 Å². The molecule has 0 bridgehead atoms. The first-order chi connectivity index (χ1) is 15.6. The van der Waals surface area contributed by atoms with E-state index >= 15 is 0 Å². The predicted molar refractivity (Wildman–Crippen MR) is 130 cm³/mol. The van der Waals surface area contributed by atoms with E-state index in [0.717, 1.165) is 19.3 Å². The van der Waals surface area contributed by atoms with Gasteiger partial charge in [-0.2, -0.15) is 0 Å². The molecule has 33 heavy (non-hydrogen) atoms. The van der Waals surface area contributed by atoms with Gasteiger partial charge in [0, 0.05) is 18.7 Å². The second kappa shape index (κ2) is 13.5. The first kappa shape index (κ1) is 28.0. The standard InChI is InChI=1S/C26H39N3O4/c1-8-11-14-17-27-23(30)22(21-16-13-12-15-20(21)10-3)29(18-9-2)24(31)19(4)28-25(32)33-26(5,6)7/h3,12-13,15-16,19,22H,8-9,11,14,17-18H2,1-2,4-7H3,(H,27,30)(H,28,32). The maximum absolute atomic E-state index is 13.5. The molecule has 2 N–H and O–H groups in total. The van der Waals surface area contributed by atoms with Crippen molar-refractivity contribution in [3.8, 4) is 12.3 Å². The number of nitrogens with one attached hydrogen (secondary N) is 2. The Kier molecular flexibility index (Phi) is 11.5. The van der Waals surface area contributed by atoms with Crippen molar-refractivity contribution in [2.75, 3.05) is 13.1 Å². The molecule has 0 fully saturated rings. The lowest BCUT2D eigenvalue weighted by atomic mass is 9.97. The van der Waals surface area contributed by atoms with E-state index in [9.17, 15) is 14.4 Å². The minimum atomic E-state index is -0.908. The summed E-state index contributed by atoms with van der Waals surface area (Å²) >= 11 is 0. The number of alkyl carbamates (subject to hydrolysis) is 1. The Hall–Kier alpha value is -3.01. The average Bonchev–Trinajstić information content (AvgIpc) is 2.74. The first-order valence-electron chi connectivity index (χ1n) is 11.7. The summed E-state index contributed by atoms with van der Waals surface area (Å²) in [6.07, 6.45) is 8.53. The molecule has 1 aromatic rings. The monoisotopic (exact) mass is 457 g/mol. The van der Waals surface area contributed by atoms with Gasteiger partial charge in [0.1, 0.15) is 17.7 Å². The molecule has 2 atom stereocenters. The quantitative estimate of drug-likeness (QED) is 0.386. The minimum absolute atomic E-state index is 0.292. The van der Waals surface area contributed by atoms with Crippen LogP contribution >= 0.6 is 0 Å². The number of nitrogens with zero attached hydrogens (tertiary/aromatic N) is 1. The molecule has 0 spiro atoms. The zero-order chi connectivity index (χ0) is 25.0. The molecular weight excluding hydrogens is 418 g/mol. The van der Waals surface area contributed by atoms with Gasteiger partial charge in [0.15, 0.2) is 0 Å². The van der Waals surface area contributed by atoms with Crippen molar-refractivity contribution < 1.29 is 19.1 Å². The highest BCUT2D eigenvalue weighted by Gasteiger charge is 2.35. The molecular formula is C26H39N3O4. The number of ether oxygens (including phenoxy) is 1. The molecule has 0 aromatic heterocycles. The van der Waals surface area contributed by atoms with Crippen molar-refractivity contribution in [1.29, 1.82) is 0 Å². The number of terminal acetylenes is 1. The van der Waals surface area contributed by atoms with Gasteiger partial charge < -0.3 is 20.3 Å². The van der Waals surface area contributed by atoms with E-state index in [1.807, 2.05) is 6.92 Å². The molecule has 0 saturated heterocycles. The van der Waals surface area contributed by atoms with E-state index in [1.165, 1.54) is 4.90 Å². The van der Waals surface area contributed by atoms with E-state index in [-0.39, 0.29) is 11.8 Å². The fourth-order valence-electron chi connectivity index (χ4n) is 3.40. The van der Waals surface area contributed by atoms with Gasteiger partial charge in [-0.15, -0.1) is 6.42 Å². The summed E-state index contributed by atoms with van der Waals surface area (Å²) in [7, 11) is 0.